The second kappa shape index (κ2) is 6.03. The van der Waals surface area contributed by atoms with E-state index in [9.17, 15) is 13.2 Å². The summed E-state index contributed by atoms with van der Waals surface area (Å²) in [4.78, 5) is 15.8. The quantitative estimate of drug-likeness (QED) is 0.901. The maximum absolute atomic E-state index is 12.4. The lowest BCUT2D eigenvalue weighted by Crippen LogP contribution is -2.45. The molecule has 21 heavy (non-hydrogen) atoms. The van der Waals surface area contributed by atoms with Gasteiger partial charge in [0.1, 0.15) is 0 Å². The number of urea groups is 1. The van der Waals surface area contributed by atoms with Gasteiger partial charge in [-0.25, -0.2) is 18.4 Å². The monoisotopic (exact) mass is 311 g/mol. The van der Waals surface area contributed by atoms with Gasteiger partial charge in [0.2, 0.25) is 10.0 Å². The number of sulfonamides is 1. The molecular formula is C14H21N3O3S. The van der Waals surface area contributed by atoms with Crippen LogP contribution >= 0.6 is 0 Å². The minimum absolute atomic E-state index is 0.0405. The molecule has 1 aliphatic rings. The third-order valence-electron chi connectivity index (χ3n) is 3.77. The SMILES string of the molecule is CC1CCCN(C(=O)N(C)c2ccc(S(N)(=O)=O)cc2)C1. The van der Waals surface area contributed by atoms with Crippen molar-refractivity contribution in [1.29, 1.82) is 0 Å². The number of nitrogens with zero attached hydrogens (tertiary/aromatic N) is 2. The molecule has 0 bridgehead atoms. The van der Waals surface area contributed by atoms with Crippen LogP contribution < -0.4 is 10.0 Å². The van der Waals surface area contributed by atoms with E-state index >= 15 is 0 Å². The average molecular weight is 311 g/mol. The molecule has 1 atom stereocenters. The largest absolute Gasteiger partial charge is 0.324 e. The molecule has 2 rings (SSSR count). The highest BCUT2D eigenvalue weighted by molar-refractivity contribution is 7.89. The molecule has 0 aromatic heterocycles. The highest BCUT2D eigenvalue weighted by Crippen LogP contribution is 2.21. The zero-order valence-corrected chi connectivity index (χ0v) is 13.1. The van der Waals surface area contributed by atoms with Crippen LogP contribution in [0.15, 0.2) is 29.2 Å². The van der Waals surface area contributed by atoms with Gasteiger partial charge in [-0.3, -0.25) is 4.90 Å². The van der Waals surface area contributed by atoms with E-state index in [4.69, 9.17) is 5.14 Å². The van der Waals surface area contributed by atoms with Crippen LogP contribution in [-0.2, 0) is 10.0 Å². The summed E-state index contributed by atoms with van der Waals surface area (Å²) in [5, 5.41) is 5.06. The van der Waals surface area contributed by atoms with Gasteiger partial charge in [-0.1, -0.05) is 6.92 Å². The van der Waals surface area contributed by atoms with Crippen molar-refractivity contribution in [3.8, 4) is 0 Å². The van der Waals surface area contributed by atoms with Crippen molar-refractivity contribution in [3.63, 3.8) is 0 Å². The number of piperidine rings is 1. The Morgan fingerprint density at radius 1 is 1.33 bits per heavy atom. The predicted octanol–water partition coefficient (Wildman–Crippen LogP) is 1.62. The predicted molar refractivity (Wildman–Crippen MR) is 81.6 cm³/mol. The zero-order valence-electron chi connectivity index (χ0n) is 12.3. The third-order valence-corrected chi connectivity index (χ3v) is 4.70. The van der Waals surface area contributed by atoms with Crippen LogP contribution in [0.4, 0.5) is 10.5 Å². The lowest BCUT2D eigenvalue weighted by atomic mass is 10.0. The Kier molecular flexibility index (Phi) is 4.53. The van der Waals surface area contributed by atoms with Crippen molar-refractivity contribution in [1.82, 2.24) is 4.90 Å². The topological polar surface area (TPSA) is 83.7 Å². The summed E-state index contributed by atoms with van der Waals surface area (Å²) in [5.74, 6) is 0.515. The Morgan fingerprint density at radius 3 is 2.48 bits per heavy atom. The van der Waals surface area contributed by atoms with Crippen LogP contribution in [0.1, 0.15) is 19.8 Å². The maximum Gasteiger partial charge on any atom is 0.324 e. The molecular weight excluding hydrogens is 290 g/mol. The van der Waals surface area contributed by atoms with Crippen molar-refractivity contribution in [2.75, 3.05) is 25.0 Å². The first-order valence-electron chi connectivity index (χ1n) is 6.94. The number of benzene rings is 1. The number of hydrogen-bond acceptors (Lipinski definition) is 3. The Bertz CT molecular complexity index is 613. The number of nitrogens with two attached hydrogens (primary N) is 1. The number of carbonyl (C=O) groups is 1. The van der Waals surface area contributed by atoms with Gasteiger partial charge < -0.3 is 4.90 Å². The van der Waals surface area contributed by atoms with Crippen molar-refractivity contribution >= 4 is 21.7 Å². The number of likely N-dealkylation sites (tertiary alicyclic amines) is 1. The highest BCUT2D eigenvalue weighted by Gasteiger charge is 2.24. The number of primary sulfonamides is 1. The minimum Gasteiger partial charge on any atom is -0.324 e. The molecule has 2 amide bonds. The first-order valence-corrected chi connectivity index (χ1v) is 8.49. The smallest absolute Gasteiger partial charge is 0.324 e. The second-order valence-electron chi connectivity index (χ2n) is 5.57. The van der Waals surface area contributed by atoms with Gasteiger partial charge in [-0.2, -0.15) is 0 Å². The lowest BCUT2D eigenvalue weighted by Gasteiger charge is -2.34. The van der Waals surface area contributed by atoms with E-state index in [2.05, 4.69) is 6.92 Å². The van der Waals surface area contributed by atoms with E-state index in [1.54, 1.807) is 19.2 Å². The molecule has 1 aromatic carbocycles. The summed E-state index contributed by atoms with van der Waals surface area (Å²) in [6.07, 6.45) is 2.17. The highest BCUT2D eigenvalue weighted by atomic mass is 32.2. The van der Waals surface area contributed by atoms with Crippen molar-refractivity contribution in [2.24, 2.45) is 11.1 Å². The van der Waals surface area contributed by atoms with Crippen LogP contribution in [-0.4, -0.2) is 39.5 Å². The normalized spacial score (nSPS) is 19.4. The lowest BCUT2D eigenvalue weighted by molar-refractivity contribution is 0.177. The van der Waals surface area contributed by atoms with Crippen LogP contribution in [0.2, 0.25) is 0 Å². The molecule has 1 fully saturated rings. The minimum atomic E-state index is -3.71. The molecule has 1 heterocycles. The Hall–Kier alpha value is -1.60. The van der Waals surface area contributed by atoms with Gasteiger partial charge in [-0.05, 0) is 43.0 Å². The Morgan fingerprint density at radius 2 is 1.95 bits per heavy atom. The molecule has 0 spiro atoms. The number of anilines is 1. The molecule has 1 unspecified atom stereocenters. The molecule has 0 aliphatic carbocycles. The van der Waals surface area contributed by atoms with Gasteiger partial charge in [0.25, 0.3) is 0 Å². The molecule has 1 aliphatic heterocycles. The van der Waals surface area contributed by atoms with E-state index in [-0.39, 0.29) is 10.9 Å². The summed E-state index contributed by atoms with van der Waals surface area (Å²) in [7, 11) is -2.02. The van der Waals surface area contributed by atoms with Crippen LogP contribution in [0.5, 0.6) is 0 Å². The number of rotatable bonds is 2. The molecule has 1 saturated heterocycles. The van der Waals surface area contributed by atoms with E-state index in [0.717, 1.165) is 25.9 Å². The van der Waals surface area contributed by atoms with E-state index < -0.39 is 10.0 Å². The Balaban J connectivity index is 2.12. The zero-order chi connectivity index (χ0) is 15.6. The second-order valence-corrected chi connectivity index (χ2v) is 7.14. The van der Waals surface area contributed by atoms with Crippen LogP contribution in [0.25, 0.3) is 0 Å². The summed E-state index contributed by atoms with van der Waals surface area (Å²) in [5.41, 5.74) is 0.644. The molecule has 6 nitrogen and oxygen atoms in total. The van der Waals surface area contributed by atoms with Crippen molar-refractivity contribution in [2.45, 2.75) is 24.7 Å². The first-order chi connectivity index (χ1) is 9.79. The van der Waals surface area contributed by atoms with Crippen molar-refractivity contribution < 1.29 is 13.2 Å². The maximum atomic E-state index is 12.4. The molecule has 116 valence electrons. The fourth-order valence-corrected chi connectivity index (χ4v) is 3.06. The molecule has 1 aromatic rings. The first kappa shape index (κ1) is 15.8. The fourth-order valence-electron chi connectivity index (χ4n) is 2.55. The van der Waals surface area contributed by atoms with Crippen molar-refractivity contribution in [3.05, 3.63) is 24.3 Å². The summed E-state index contributed by atoms with van der Waals surface area (Å²) in [6.45, 7) is 3.67. The van der Waals surface area contributed by atoms with E-state index in [1.807, 2.05) is 4.90 Å². The standard InChI is InChI=1S/C14H21N3O3S/c1-11-4-3-9-17(10-11)14(18)16(2)12-5-7-13(8-6-12)21(15,19)20/h5-8,11H,3-4,9-10H2,1-2H3,(H2,15,19,20). The Labute approximate surface area is 125 Å². The van der Waals surface area contributed by atoms with Gasteiger partial charge in [0.15, 0.2) is 0 Å². The summed E-state index contributed by atoms with van der Waals surface area (Å²) >= 11 is 0. The number of hydrogen-bond donors (Lipinski definition) is 1. The molecule has 0 radical (unpaired) electrons. The van der Waals surface area contributed by atoms with Gasteiger partial charge in [0.05, 0.1) is 4.90 Å². The van der Waals surface area contributed by atoms with Crippen LogP contribution in [0.3, 0.4) is 0 Å². The number of amides is 2. The van der Waals surface area contributed by atoms with E-state index in [0.29, 0.717) is 11.6 Å². The number of carbonyl (C=O) groups excluding carboxylic acids is 1. The van der Waals surface area contributed by atoms with E-state index in [1.165, 1.54) is 17.0 Å². The summed E-state index contributed by atoms with van der Waals surface area (Å²) in [6, 6.07) is 5.93. The molecule has 7 heteroatoms. The van der Waals surface area contributed by atoms with Gasteiger partial charge in [-0.15, -0.1) is 0 Å². The average Bonchev–Trinajstić information content (AvgIpc) is 2.45. The molecule has 0 saturated carbocycles. The fraction of sp³-hybridized carbons (Fsp3) is 0.500. The van der Waals surface area contributed by atoms with Crippen LogP contribution in [0, 0.1) is 5.92 Å². The van der Waals surface area contributed by atoms with Gasteiger partial charge in [0, 0.05) is 25.8 Å². The summed E-state index contributed by atoms with van der Waals surface area (Å²) < 4.78 is 22.4. The third kappa shape index (κ3) is 3.74. The van der Waals surface area contributed by atoms with Gasteiger partial charge >= 0.3 is 6.03 Å². The molecule has 2 N–H and O–H groups in total.